The van der Waals surface area contributed by atoms with Crippen LogP contribution in [0.25, 0.3) is 0 Å². The second kappa shape index (κ2) is 5.53. The minimum atomic E-state index is -0.684. The Morgan fingerprint density at radius 1 is 1.33 bits per heavy atom. The molecule has 1 amide bonds. The fraction of sp³-hybridized carbons (Fsp3) is 0.533. The van der Waals surface area contributed by atoms with Crippen LogP contribution in [0, 0.1) is 0 Å². The molecule has 3 nitrogen and oxygen atoms in total. The van der Waals surface area contributed by atoms with E-state index >= 15 is 0 Å². The molecule has 98 valence electrons. The lowest BCUT2D eigenvalue weighted by Crippen LogP contribution is -2.41. The van der Waals surface area contributed by atoms with Crippen LogP contribution in [0.1, 0.15) is 48.5 Å². The Morgan fingerprint density at radius 2 is 2.00 bits per heavy atom. The molecule has 1 fully saturated rings. The van der Waals surface area contributed by atoms with E-state index in [-0.39, 0.29) is 5.91 Å². The summed E-state index contributed by atoms with van der Waals surface area (Å²) in [5, 5.41) is 13.1. The Kier molecular flexibility index (Phi) is 4.02. The lowest BCUT2D eigenvalue weighted by atomic mass is 10.0. The maximum atomic E-state index is 12.1. The third kappa shape index (κ3) is 2.91. The van der Waals surface area contributed by atoms with E-state index in [2.05, 4.69) is 5.32 Å². The molecular weight excluding hydrogens is 226 g/mol. The van der Waals surface area contributed by atoms with Gasteiger partial charge in [-0.3, -0.25) is 4.79 Å². The molecule has 0 unspecified atom stereocenters. The SMILES string of the molecule is CCc1ccccc1C(=O)NCC1(O)CCCC1. The largest absolute Gasteiger partial charge is 0.388 e. The molecule has 0 saturated heterocycles. The Morgan fingerprint density at radius 3 is 2.67 bits per heavy atom. The van der Waals surface area contributed by atoms with Gasteiger partial charge >= 0.3 is 0 Å². The van der Waals surface area contributed by atoms with Crippen molar-refractivity contribution in [3.8, 4) is 0 Å². The highest BCUT2D eigenvalue weighted by atomic mass is 16.3. The van der Waals surface area contributed by atoms with E-state index in [0.29, 0.717) is 6.54 Å². The molecule has 0 atom stereocenters. The molecule has 2 N–H and O–H groups in total. The fourth-order valence-corrected chi connectivity index (χ4v) is 2.60. The van der Waals surface area contributed by atoms with E-state index in [4.69, 9.17) is 0 Å². The maximum Gasteiger partial charge on any atom is 0.251 e. The molecule has 0 aromatic heterocycles. The van der Waals surface area contributed by atoms with E-state index in [1.54, 1.807) is 0 Å². The molecule has 3 heteroatoms. The Bertz CT molecular complexity index is 422. The number of hydrogen-bond donors (Lipinski definition) is 2. The first-order valence-electron chi connectivity index (χ1n) is 6.73. The smallest absolute Gasteiger partial charge is 0.251 e. The van der Waals surface area contributed by atoms with Crippen LogP contribution in [0.4, 0.5) is 0 Å². The van der Waals surface area contributed by atoms with Crippen molar-refractivity contribution in [1.29, 1.82) is 0 Å². The molecule has 1 aromatic carbocycles. The lowest BCUT2D eigenvalue weighted by Gasteiger charge is -2.22. The van der Waals surface area contributed by atoms with Crippen LogP contribution in [-0.2, 0) is 6.42 Å². The molecule has 1 aromatic rings. The van der Waals surface area contributed by atoms with Gasteiger partial charge in [-0.25, -0.2) is 0 Å². The predicted molar refractivity (Wildman–Crippen MR) is 71.6 cm³/mol. The summed E-state index contributed by atoms with van der Waals surface area (Å²) < 4.78 is 0. The summed E-state index contributed by atoms with van der Waals surface area (Å²) in [5.74, 6) is -0.0761. The number of carbonyl (C=O) groups is 1. The Labute approximate surface area is 108 Å². The van der Waals surface area contributed by atoms with E-state index in [1.807, 2.05) is 31.2 Å². The molecule has 0 aliphatic heterocycles. The van der Waals surface area contributed by atoms with Gasteiger partial charge in [0, 0.05) is 12.1 Å². The Balaban J connectivity index is 1.99. The van der Waals surface area contributed by atoms with Crippen molar-refractivity contribution in [2.75, 3.05) is 6.54 Å². The lowest BCUT2D eigenvalue weighted by molar-refractivity contribution is 0.0449. The number of hydrogen-bond acceptors (Lipinski definition) is 2. The van der Waals surface area contributed by atoms with Crippen LogP contribution in [-0.4, -0.2) is 23.2 Å². The van der Waals surface area contributed by atoms with Gasteiger partial charge < -0.3 is 10.4 Å². The van der Waals surface area contributed by atoms with Gasteiger partial charge in [-0.15, -0.1) is 0 Å². The zero-order chi connectivity index (χ0) is 13.0. The number of aliphatic hydroxyl groups is 1. The number of rotatable bonds is 4. The van der Waals surface area contributed by atoms with Crippen LogP contribution in [0.15, 0.2) is 24.3 Å². The van der Waals surface area contributed by atoms with Crippen LogP contribution in [0.5, 0.6) is 0 Å². The van der Waals surface area contributed by atoms with Crippen molar-refractivity contribution >= 4 is 5.91 Å². The first kappa shape index (κ1) is 13.1. The van der Waals surface area contributed by atoms with E-state index < -0.39 is 5.60 Å². The van der Waals surface area contributed by atoms with Crippen molar-refractivity contribution in [1.82, 2.24) is 5.32 Å². The van der Waals surface area contributed by atoms with Gasteiger partial charge in [0.05, 0.1) is 5.60 Å². The monoisotopic (exact) mass is 247 g/mol. The standard InChI is InChI=1S/C15H21NO2/c1-2-12-7-3-4-8-13(12)14(17)16-11-15(18)9-5-6-10-15/h3-4,7-8,18H,2,5-6,9-11H2,1H3,(H,16,17). The topological polar surface area (TPSA) is 49.3 Å². The third-order valence-electron chi connectivity index (χ3n) is 3.76. The van der Waals surface area contributed by atoms with E-state index in [9.17, 15) is 9.90 Å². The summed E-state index contributed by atoms with van der Waals surface area (Å²) in [6, 6.07) is 7.63. The van der Waals surface area contributed by atoms with Gasteiger partial charge in [-0.1, -0.05) is 38.0 Å². The molecule has 0 radical (unpaired) electrons. The molecular formula is C15H21NO2. The number of nitrogens with one attached hydrogen (secondary N) is 1. The van der Waals surface area contributed by atoms with Gasteiger partial charge in [0.1, 0.15) is 0 Å². The summed E-state index contributed by atoms with van der Waals surface area (Å²) in [7, 11) is 0. The number of benzene rings is 1. The van der Waals surface area contributed by atoms with Gasteiger partial charge in [-0.2, -0.15) is 0 Å². The average Bonchev–Trinajstić information content (AvgIpc) is 2.83. The van der Waals surface area contributed by atoms with E-state index in [1.165, 1.54) is 0 Å². The van der Waals surface area contributed by atoms with Gasteiger partial charge in [-0.05, 0) is 30.9 Å². The summed E-state index contributed by atoms with van der Waals surface area (Å²) in [6.07, 6.45) is 4.54. The second-order valence-electron chi connectivity index (χ2n) is 5.12. The summed E-state index contributed by atoms with van der Waals surface area (Å²) in [6.45, 7) is 2.40. The highest BCUT2D eigenvalue weighted by molar-refractivity contribution is 5.95. The number of carbonyl (C=O) groups excluding carboxylic acids is 1. The minimum absolute atomic E-state index is 0.0761. The molecule has 1 saturated carbocycles. The molecule has 0 bridgehead atoms. The van der Waals surface area contributed by atoms with Crippen molar-refractivity contribution in [2.45, 2.75) is 44.6 Å². The van der Waals surface area contributed by atoms with Crippen molar-refractivity contribution < 1.29 is 9.90 Å². The Hall–Kier alpha value is -1.35. The molecule has 2 rings (SSSR count). The van der Waals surface area contributed by atoms with Crippen molar-refractivity contribution in [3.05, 3.63) is 35.4 Å². The fourth-order valence-electron chi connectivity index (χ4n) is 2.60. The molecule has 18 heavy (non-hydrogen) atoms. The summed E-state index contributed by atoms with van der Waals surface area (Å²) in [5.41, 5.74) is 1.09. The first-order chi connectivity index (χ1) is 8.64. The van der Waals surface area contributed by atoms with Crippen LogP contribution < -0.4 is 5.32 Å². The first-order valence-corrected chi connectivity index (χ1v) is 6.73. The van der Waals surface area contributed by atoms with Crippen LogP contribution in [0.2, 0.25) is 0 Å². The zero-order valence-electron chi connectivity index (χ0n) is 10.9. The summed E-state index contributed by atoms with van der Waals surface area (Å²) in [4.78, 5) is 12.1. The molecule has 1 aliphatic rings. The van der Waals surface area contributed by atoms with Gasteiger partial charge in [0.2, 0.25) is 0 Å². The van der Waals surface area contributed by atoms with Crippen LogP contribution in [0.3, 0.4) is 0 Å². The van der Waals surface area contributed by atoms with Crippen LogP contribution >= 0.6 is 0 Å². The maximum absolute atomic E-state index is 12.1. The molecule has 1 aliphatic carbocycles. The quantitative estimate of drug-likeness (QED) is 0.857. The second-order valence-corrected chi connectivity index (χ2v) is 5.12. The predicted octanol–water partition coefficient (Wildman–Crippen LogP) is 2.28. The van der Waals surface area contributed by atoms with Gasteiger partial charge in [0.15, 0.2) is 0 Å². The average molecular weight is 247 g/mol. The van der Waals surface area contributed by atoms with Gasteiger partial charge in [0.25, 0.3) is 5.91 Å². The third-order valence-corrected chi connectivity index (χ3v) is 3.76. The number of amides is 1. The van der Waals surface area contributed by atoms with E-state index in [0.717, 1.165) is 43.2 Å². The van der Waals surface area contributed by atoms with Crippen molar-refractivity contribution in [3.63, 3.8) is 0 Å². The highest BCUT2D eigenvalue weighted by Gasteiger charge is 2.31. The summed E-state index contributed by atoms with van der Waals surface area (Å²) >= 11 is 0. The molecule has 0 heterocycles. The minimum Gasteiger partial charge on any atom is -0.388 e. The normalized spacial score (nSPS) is 17.7. The number of aryl methyl sites for hydroxylation is 1. The molecule has 0 spiro atoms. The zero-order valence-corrected chi connectivity index (χ0v) is 10.9. The highest BCUT2D eigenvalue weighted by Crippen LogP contribution is 2.28. The van der Waals surface area contributed by atoms with Crippen molar-refractivity contribution in [2.24, 2.45) is 0 Å².